The topological polar surface area (TPSA) is 202 Å². The van der Waals surface area contributed by atoms with Crippen LogP contribution in [-0.4, -0.2) is 89.3 Å². The van der Waals surface area contributed by atoms with Crippen molar-refractivity contribution >= 4 is 57.0 Å². The molecule has 0 bridgehead atoms. The molecular formula is C37H50N6O9S2. The zero-order valence-electron chi connectivity index (χ0n) is 31.7. The third-order valence-electron chi connectivity index (χ3n) is 9.75. The molecule has 2 aromatic rings. The third-order valence-corrected chi connectivity index (χ3v) is 12.4. The number of ether oxygens (including phenoxy) is 2. The van der Waals surface area contributed by atoms with Crippen LogP contribution in [0.5, 0.6) is 0 Å². The van der Waals surface area contributed by atoms with E-state index in [1.807, 2.05) is 24.4 Å². The van der Waals surface area contributed by atoms with Gasteiger partial charge in [-0.1, -0.05) is 39.3 Å². The van der Waals surface area contributed by atoms with E-state index in [1.54, 1.807) is 53.8 Å². The van der Waals surface area contributed by atoms with E-state index >= 15 is 0 Å². The summed E-state index contributed by atoms with van der Waals surface area (Å²) in [5.41, 5.74) is -1.33. The largest absolute Gasteiger partial charge is 0.444 e. The van der Waals surface area contributed by atoms with Crippen molar-refractivity contribution in [2.45, 2.75) is 115 Å². The van der Waals surface area contributed by atoms with E-state index in [0.29, 0.717) is 29.1 Å². The van der Waals surface area contributed by atoms with Gasteiger partial charge in [-0.3, -0.25) is 24.4 Å². The molecule has 54 heavy (non-hydrogen) atoms. The van der Waals surface area contributed by atoms with Gasteiger partial charge in [0.1, 0.15) is 34.3 Å². The molecule has 3 fully saturated rings. The van der Waals surface area contributed by atoms with E-state index in [0.717, 1.165) is 12.0 Å². The maximum Gasteiger partial charge on any atom is 0.411 e. The number of hydrogen-bond acceptors (Lipinski definition) is 11. The molecule has 1 aromatic carbocycles. The van der Waals surface area contributed by atoms with E-state index in [-0.39, 0.29) is 19.4 Å². The van der Waals surface area contributed by atoms with Crippen LogP contribution in [0.3, 0.4) is 0 Å². The van der Waals surface area contributed by atoms with E-state index in [4.69, 9.17) is 9.47 Å². The van der Waals surface area contributed by atoms with Crippen LogP contribution in [-0.2, 0) is 33.9 Å². The van der Waals surface area contributed by atoms with Crippen molar-refractivity contribution in [3.8, 4) is 10.6 Å². The number of rotatable bonds is 11. The summed E-state index contributed by atoms with van der Waals surface area (Å²) in [5.74, 6) is -2.86. The van der Waals surface area contributed by atoms with Crippen LogP contribution in [0.1, 0.15) is 79.2 Å². The summed E-state index contributed by atoms with van der Waals surface area (Å²) >= 11 is 1.40. The van der Waals surface area contributed by atoms with Crippen LogP contribution < -0.4 is 20.7 Å². The molecule has 0 spiro atoms. The van der Waals surface area contributed by atoms with Gasteiger partial charge in [-0.2, -0.15) is 0 Å². The van der Waals surface area contributed by atoms with Gasteiger partial charge < -0.3 is 25.0 Å². The fourth-order valence-corrected chi connectivity index (χ4v) is 8.77. The summed E-state index contributed by atoms with van der Waals surface area (Å²) in [6.07, 6.45) is 2.01. The molecule has 2 aliphatic carbocycles. The zero-order chi connectivity index (χ0) is 39.8. The third kappa shape index (κ3) is 9.22. The van der Waals surface area contributed by atoms with E-state index in [2.05, 4.69) is 32.2 Å². The summed E-state index contributed by atoms with van der Waals surface area (Å²) in [5, 5.41) is 9.96. The SMILES string of the molecule is C=CC1C[C@]1(NC(=O)[C@@H]1C[C@@H](OC(=O)Nc2cc(C)ccc2-c2nccs2)CN1C(=O)[C@@H](NC(=O)OC(C)(C)C)C(C)(C)C)C(=O)NS(=O)(=O)C1CCC1. The number of nitrogens with zero attached hydrogens (tertiary/aromatic N) is 2. The summed E-state index contributed by atoms with van der Waals surface area (Å²) in [6, 6.07) is 3.04. The second-order valence-corrected chi connectivity index (χ2v) is 19.1. The van der Waals surface area contributed by atoms with E-state index in [1.165, 1.54) is 22.3 Å². The molecule has 5 amide bonds. The molecule has 2 heterocycles. The number of sulfonamides is 1. The lowest BCUT2D eigenvalue weighted by Gasteiger charge is -2.36. The van der Waals surface area contributed by atoms with Gasteiger partial charge in [0.25, 0.3) is 5.91 Å². The number of alkyl carbamates (subject to hydrolysis) is 1. The number of aromatic nitrogens is 1. The Hall–Kier alpha value is -4.51. The van der Waals surface area contributed by atoms with Gasteiger partial charge in [0.15, 0.2) is 0 Å². The highest BCUT2D eigenvalue weighted by Gasteiger charge is 2.62. The lowest BCUT2D eigenvalue weighted by atomic mass is 9.85. The number of nitrogens with one attached hydrogen (secondary N) is 4. The molecule has 1 unspecified atom stereocenters. The number of anilines is 1. The summed E-state index contributed by atoms with van der Waals surface area (Å²) in [6.45, 7) is 15.7. The molecule has 5 rings (SSSR count). The molecule has 5 atom stereocenters. The summed E-state index contributed by atoms with van der Waals surface area (Å²) < 4.78 is 39.2. The second kappa shape index (κ2) is 15.3. The molecule has 3 aliphatic rings. The molecule has 2 saturated carbocycles. The molecule has 0 radical (unpaired) electrons. The van der Waals surface area contributed by atoms with Crippen molar-refractivity contribution < 1.29 is 41.9 Å². The number of amides is 5. The average Bonchev–Trinajstić information content (AvgIpc) is 3.31. The van der Waals surface area contributed by atoms with Gasteiger partial charge in [-0.15, -0.1) is 17.9 Å². The molecule has 17 heteroatoms. The van der Waals surface area contributed by atoms with Gasteiger partial charge in [0.2, 0.25) is 21.8 Å². The maximum atomic E-state index is 14.4. The standard InChI is InChI=1S/C37H50N6O9S2/c1-9-22-19-37(22,32(46)42-54(49,50)24-11-10-12-24)41-29(44)27-18-23(20-43(27)31(45)28(35(3,4)5)40-34(48)52-36(6,7)8)51-33(47)39-26-17-21(2)13-14-25(26)30-38-15-16-53-30/h9,13-17,22-24,27-28H,1,10-12,18-20H2,2-8H3,(H,39,47)(H,40,48)(H,41,44)(H,42,46)/t22?,23-,27+,28-,37-/m1/s1. The predicted molar refractivity (Wildman–Crippen MR) is 203 cm³/mol. The van der Waals surface area contributed by atoms with Crippen LogP contribution in [0.25, 0.3) is 10.6 Å². The van der Waals surface area contributed by atoms with Crippen LogP contribution in [0.15, 0.2) is 42.4 Å². The molecule has 1 saturated heterocycles. The Bertz CT molecular complexity index is 1900. The number of carbonyl (C=O) groups is 5. The first-order valence-electron chi connectivity index (χ1n) is 17.9. The van der Waals surface area contributed by atoms with Crippen LogP contribution in [0, 0.1) is 18.3 Å². The van der Waals surface area contributed by atoms with Gasteiger partial charge in [0, 0.05) is 29.5 Å². The highest BCUT2D eigenvalue weighted by Crippen LogP contribution is 2.45. The first-order chi connectivity index (χ1) is 25.1. The molecule has 1 aliphatic heterocycles. The zero-order valence-corrected chi connectivity index (χ0v) is 33.3. The Morgan fingerprint density at radius 2 is 1.80 bits per heavy atom. The first kappa shape index (κ1) is 40.7. The van der Waals surface area contributed by atoms with Crippen molar-refractivity contribution in [3.05, 3.63) is 48.0 Å². The van der Waals surface area contributed by atoms with Crippen LogP contribution >= 0.6 is 11.3 Å². The van der Waals surface area contributed by atoms with Crippen LogP contribution in [0.2, 0.25) is 0 Å². The maximum absolute atomic E-state index is 14.4. The predicted octanol–water partition coefficient (Wildman–Crippen LogP) is 4.64. The van der Waals surface area contributed by atoms with E-state index < -0.39 is 85.8 Å². The van der Waals surface area contributed by atoms with Crippen LogP contribution in [0.4, 0.5) is 15.3 Å². The normalized spacial score (nSPS) is 23.3. The minimum Gasteiger partial charge on any atom is -0.444 e. The minimum atomic E-state index is -3.97. The highest BCUT2D eigenvalue weighted by molar-refractivity contribution is 7.90. The number of carbonyl (C=O) groups excluding carboxylic acids is 5. The second-order valence-electron chi connectivity index (χ2n) is 16.3. The average molecular weight is 787 g/mol. The molecule has 15 nitrogen and oxygen atoms in total. The Labute approximate surface area is 320 Å². The number of benzene rings is 1. The molecule has 4 N–H and O–H groups in total. The number of hydrogen-bond donors (Lipinski definition) is 4. The molecular weight excluding hydrogens is 737 g/mol. The Morgan fingerprint density at radius 3 is 2.35 bits per heavy atom. The van der Waals surface area contributed by atoms with Crippen molar-refractivity contribution in [1.29, 1.82) is 0 Å². The molecule has 1 aromatic heterocycles. The fraction of sp³-hybridized carbons (Fsp3) is 0.568. The van der Waals surface area contributed by atoms with Crippen molar-refractivity contribution in [3.63, 3.8) is 0 Å². The van der Waals surface area contributed by atoms with Gasteiger partial charge >= 0.3 is 12.2 Å². The number of aryl methyl sites for hydroxylation is 1. The summed E-state index contributed by atoms with van der Waals surface area (Å²) in [7, 11) is -3.97. The monoisotopic (exact) mass is 786 g/mol. The van der Waals surface area contributed by atoms with Crippen molar-refractivity contribution in [2.75, 3.05) is 11.9 Å². The van der Waals surface area contributed by atoms with Crippen molar-refractivity contribution in [1.82, 2.24) is 25.2 Å². The lowest BCUT2D eigenvalue weighted by molar-refractivity contribution is -0.143. The van der Waals surface area contributed by atoms with Gasteiger partial charge in [-0.05, 0) is 70.1 Å². The summed E-state index contributed by atoms with van der Waals surface area (Å²) in [4.78, 5) is 74.1. The minimum absolute atomic E-state index is 0.0972. The highest BCUT2D eigenvalue weighted by atomic mass is 32.2. The van der Waals surface area contributed by atoms with Gasteiger partial charge in [-0.25, -0.2) is 23.0 Å². The fourth-order valence-electron chi connectivity index (χ4n) is 6.53. The first-order valence-corrected chi connectivity index (χ1v) is 20.3. The number of likely N-dealkylation sites (tertiary alicyclic amines) is 1. The van der Waals surface area contributed by atoms with Gasteiger partial charge in [0.05, 0.1) is 17.5 Å². The smallest absolute Gasteiger partial charge is 0.411 e. The Balaban J connectivity index is 1.40. The number of thiazole rings is 1. The van der Waals surface area contributed by atoms with Crippen molar-refractivity contribution in [2.24, 2.45) is 11.3 Å². The Morgan fingerprint density at radius 1 is 1.09 bits per heavy atom. The van der Waals surface area contributed by atoms with E-state index in [9.17, 15) is 32.4 Å². The Kier molecular flexibility index (Phi) is 11.5. The molecule has 294 valence electrons. The quantitative estimate of drug-likeness (QED) is 0.233. The lowest BCUT2D eigenvalue weighted by Crippen LogP contribution is -2.60.